The van der Waals surface area contributed by atoms with Gasteiger partial charge < -0.3 is 10.8 Å². The number of aliphatic hydroxyl groups is 1. The third kappa shape index (κ3) is 4.29. The molecular formula is C5H12N2OS. The Balaban J connectivity index is 3.50. The first-order valence-corrected chi connectivity index (χ1v) is 3.60. The van der Waals surface area contributed by atoms with Gasteiger partial charge in [0, 0.05) is 5.25 Å². The average molecular weight is 148 g/mol. The number of thioether (sulfide) groups is 1. The van der Waals surface area contributed by atoms with E-state index in [9.17, 15) is 0 Å². The first-order valence-electron chi connectivity index (χ1n) is 2.72. The van der Waals surface area contributed by atoms with Crippen LogP contribution in [-0.4, -0.2) is 21.6 Å². The van der Waals surface area contributed by atoms with Gasteiger partial charge in [0.25, 0.3) is 0 Å². The molecule has 0 aliphatic carbocycles. The molecule has 0 spiro atoms. The van der Waals surface area contributed by atoms with Crippen LogP contribution in [0.3, 0.4) is 0 Å². The Kier molecular flexibility index (Phi) is 3.65. The molecule has 0 fully saturated rings. The summed E-state index contributed by atoms with van der Waals surface area (Å²) in [5.41, 5.74) is 5.07. The highest BCUT2D eigenvalue weighted by Gasteiger charge is 2.09. The summed E-state index contributed by atoms with van der Waals surface area (Å²) in [5.74, 6) is 0. The standard InChI is InChI=1S/C5H12N2OS/c1-3(8)4(2)9-5(6)7/h3-4,8H,1-2H3,(H3,6,7). The van der Waals surface area contributed by atoms with E-state index in [1.807, 2.05) is 6.92 Å². The van der Waals surface area contributed by atoms with Gasteiger partial charge in [-0.15, -0.1) is 0 Å². The maximum atomic E-state index is 8.90. The van der Waals surface area contributed by atoms with Crippen LogP contribution < -0.4 is 5.73 Å². The van der Waals surface area contributed by atoms with E-state index in [4.69, 9.17) is 16.2 Å². The molecule has 54 valence electrons. The van der Waals surface area contributed by atoms with Gasteiger partial charge in [0.15, 0.2) is 5.17 Å². The van der Waals surface area contributed by atoms with E-state index in [0.29, 0.717) is 0 Å². The molecule has 0 aliphatic rings. The van der Waals surface area contributed by atoms with E-state index in [1.54, 1.807) is 6.92 Å². The summed E-state index contributed by atoms with van der Waals surface area (Å²) in [4.78, 5) is 0. The molecule has 2 unspecified atom stereocenters. The van der Waals surface area contributed by atoms with E-state index >= 15 is 0 Å². The van der Waals surface area contributed by atoms with Crippen molar-refractivity contribution in [3.63, 3.8) is 0 Å². The molecule has 2 atom stereocenters. The minimum atomic E-state index is -0.404. The number of hydrogen-bond acceptors (Lipinski definition) is 3. The van der Waals surface area contributed by atoms with E-state index in [2.05, 4.69) is 0 Å². The molecule has 0 amide bonds. The lowest BCUT2D eigenvalue weighted by atomic mass is 10.3. The number of hydrogen-bond donors (Lipinski definition) is 3. The fourth-order valence-corrected chi connectivity index (χ4v) is 0.896. The second-order valence-corrected chi connectivity index (χ2v) is 3.35. The quantitative estimate of drug-likeness (QED) is 0.391. The normalized spacial score (nSPS) is 16.8. The molecule has 0 rings (SSSR count). The van der Waals surface area contributed by atoms with Crippen molar-refractivity contribution >= 4 is 16.9 Å². The topological polar surface area (TPSA) is 70.1 Å². The van der Waals surface area contributed by atoms with Crippen molar-refractivity contribution in [2.75, 3.05) is 0 Å². The second kappa shape index (κ2) is 3.74. The summed E-state index contributed by atoms with van der Waals surface area (Å²) in [6.45, 7) is 3.51. The predicted molar refractivity (Wildman–Crippen MR) is 40.6 cm³/mol. The van der Waals surface area contributed by atoms with Crippen LogP contribution in [0.25, 0.3) is 0 Å². The summed E-state index contributed by atoms with van der Waals surface area (Å²) in [5, 5.41) is 15.8. The molecular weight excluding hydrogens is 136 g/mol. The Bertz CT molecular complexity index is 105. The molecule has 0 radical (unpaired) electrons. The molecule has 4 N–H and O–H groups in total. The van der Waals surface area contributed by atoms with Gasteiger partial charge in [-0.2, -0.15) is 0 Å². The maximum Gasteiger partial charge on any atom is 0.151 e. The van der Waals surface area contributed by atoms with Crippen molar-refractivity contribution in [2.45, 2.75) is 25.2 Å². The third-order valence-electron chi connectivity index (χ3n) is 0.992. The van der Waals surface area contributed by atoms with E-state index in [0.717, 1.165) is 0 Å². The molecule has 0 saturated heterocycles. The zero-order chi connectivity index (χ0) is 7.44. The zero-order valence-electron chi connectivity index (χ0n) is 5.59. The number of amidine groups is 1. The largest absolute Gasteiger partial charge is 0.392 e. The lowest BCUT2D eigenvalue weighted by Crippen LogP contribution is -2.19. The summed E-state index contributed by atoms with van der Waals surface area (Å²) >= 11 is 1.17. The van der Waals surface area contributed by atoms with Gasteiger partial charge >= 0.3 is 0 Å². The Morgan fingerprint density at radius 3 is 2.22 bits per heavy atom. The van der Waals surface area contributed by atoms with Crippen molar-refractivity contribution in [3.05, 3.63) is 0 Å². The SMILES string of the molecule is CC(O)C(C)SC(=N)N. The van der Waals surface area contributed by atoms with Gasteiger partial charge in [0.2, 0.25) is 0 Å². The lowest BCUT2D eigenvalue weighted by molar-refractivity contribution is 0.196. The number of aliphatic hydroxyl groups excluding tert-OH is 1. The Hall–Kier alpha value is -0.220. The van der Waals surface area contributed by atoms with E-state index < -0.39 is 6.10 Å². The molecule has 9 heavy (non-hydrogen) atoms. The van der Waals surface area contributed by atoms with Crippen molar-refractivity contribution in [3.8, 4) is 0 Å². The van der Waals surface area contributed by atoms with Gasteiger partial charge in [-0.1, -0.05) is 18.7 Å². The van der Waals surface area contributed by atoms with Crippen molar-refractivity contribution in [2.24, 2.45) is 5.73 Å². The van der Waals surface area contributed by atoms with Crippen LogP contribution in [0.15, 0.2) is 0 Å². The van der Waals surface area contributed by atoms with Crippen LogP contribution in [0.4, 0.5) is 0 Å². The van der Waals surface area contributed by atoms with E-state index in [-0.39, 0.29) is 10.4 Å². The number of nitrogens with one attached hydrogen (secondary N) is 1. The van der Waals surface area contributed by atoms with Crippen molar-refractivity contribution in [1.82, 2.24) is 0 Å². The van der Waals surface area contributed by atoms with Crippen LogP contribution in [-0.2, 0) is 0 Å². The maximum absolute atomic E-state index is 8.90. The van der Waals surface area contributed by atoms with Crippen molar-refractivity contribution in [1.29, 1.82) is 5.41 Å². The highest BCUT2D eigenvalue weighted by atomic mass is 32.2. The third-order valence-corrected chi connectivity index (χ3v) is 2.01. The minimum absolute atomic E-state index is 0.0162. The lowest BCUT2D eigenvalue weighted by Gasteiger charge is -2.11. The summed E-state index contributed by atoms with van der Waals surface area (Å²) in [7, 11) is 0. The second-order valence-electron chi connectivity index (χ2n) is 1.93. The Labute approximate surface area is 59.1 Å². The Morgan fingerprint density at radius 1 is 1.67 bits per heavy atom. The van der Waals surface area contributed by atoms with Crippen LogP contribution in [0.1, 0.15) is 13.8 Å². The predicted octanol–water partition coefficient (Wildman–Crippen LogP) is 0.382. The first kappa shape index (κ1) is 8.78. The highest BCUT2D eigenvalue weighted by Crippen LogP contribution is 2.12. The molecule has 0 saturated carbocycles. The molecule has 4 heteroatoms. The molecule has 3 nitrogen and oxygen atoms in total. The smallest absolute Gasteiger partial charge is 0.151 e. The molecule has 0 aromatic rings. The van der Waals surface area contributed by atoms with Gasteiger partial charge in [0.05, 0.1) is 6.10 Å². The van der Waals surface area contributed by atoms with Crippen LogP contribution in [0, 0.1) is 5.41 Å². The fourth-order valence-electron chi connectivity index (χ4n) is 0.299. The van der Waals surface area contributed by atoms with E-state index in [1.165, 1.54) is 11.8 Å². The summed E-state index contributed by atoms with van der Waals surface area (Å²) < 4.78 is 0. The Morgan fingerprint density at radius 2 is 2.11 bits per heavy atom. The van der Waals surface area contributed by atoms with Gasteiger partial charge in [0.1, 0.15) is 0 Å². The van der Waals surface area contributed by atoms with Crippen LogP contribution >= 0.6 is 11.8 Å². The summed E-state index contributed by atoms with van der Waals surface area (Å²) in [6.07, 6.45) is -0.404. The van der Waals surface area contributed by atoms with Crippen LogP contribution in [0.2, 0.25) is 0 Å². The van der Waals surface area contributed by atoms with Gasteiger partial charge in [-0.25, -0.2) is 0 Å². The van der Waals surface area contributed by atoms with Crippen LogP contribution in [0.5, 0.6) is 0 Å². The summed E-state index contributed by atoms with van der Waals surface area (Å²) in [6, 6.07) is 0. The monoisotopic (exact) mass is 148 g/mol. The van der Waals surface area contributed by atoms with Gasteiger partial charge in [-0.05, 0) is 6.92 Å². The average Bonchev–Trinajstić information content (AvgIpc) is 1.63. The van der Waals surface area contributed by atoms with Gasteiger partial charge in [-0.3, -0.25) is 5.41 Å². The number of nitrogens with two attached hydrogens (primary N) is 1. The molecule has 0 aromatic carbocycles. The minimum Gasteiger partial charge on any atom is -0.392 e. The highest BCUT2D eigenvalue weighted by molar-refractivity contribution is 8.14. The van der Waals surface area contributed by atoms with Crippen molar-refractivity contribution < 1.29 is 5.11 Å². The molecule has 0 bridgehead atoms. The molecule has 0 aromatic heterocycles. The zero-order valence-corrected chi connectivity index (χ0v) is 6.40. The molecule has 0 heterocycles. The molecule has 0 aliphatic heterocycles. The number of rotatable bonds is 2. The fraction of sp³-hybridized carbons (Fsp3) is 0.800. The first-order chi connectivity index (χ1) is 4.04.